The maximum absolute atomic E-state index is 12.1. The van der Waals surface area contributed by atoms with E-state index in [2.05, 4.69) is 4.98 Å². The Bertz CT molecular complexity index is 709. The van der Waals surface area contributed by atoms with Crippen molar-refractivity contribution in [3.05, 3.63) is 46.0 Å². The summed E-state index contributed by atoms with van der Waals surface area (Å²) in [7, 11) is 1.89. The van der Waals surface area contributed by atoms with Crippen LogP contribution in [0.5, 0.6) is 0 Å². The van der Waals surface area contributed by atoms with Gasteiger partial charge >= 0.3 is 5.97 Å². The van der Waals surface area contributed by atoms with Gasteiger partial charge in [0.05, 0.1) is 5.69 Å². The number of carbonyl (C=O) groups is 1. The van der Waals surface area contributed by atoms with Crippen molar-refractivity contribution in [2.75, 3.05) is 13.6 Å². The van der Waals surface area contributed by atoms with Gasteiger partial charge in [-0.15, -0.1) is 0 Å². The summed E-state index contributed by atoms with van der Waals surface area (Å²) < 4.78 is 1.53. The summed E-state index contributed by atoms with van der Waals surface area (Å²) in [6.45, 7) is 3.11. The minimum Gasteiger partial charge on any atom is -0.481 e. The van der Waals surface area contributed by atoms with E-state index in [1.165, 1.54) is 10.5 Å². The highest BCUT2D eigenvalue weighted by Crippen LogP contribution is 2.05. The Kier molecular flexibility index (Phi) is 4.70. The van der Waals surface area contributed by atoms with Crippen LogP contribution in [-0.2, 0) is 11.3 Å². The van der Waals surface area contributed by atoms with Gasteiger partial charge in [0.1, 0.15) is 5.65 Å². The van der Waals surface area contributed by atoms with Crippen molar-refractivity contribution < 1.29 is 9.90 Å². The number of hydrogen-bond donors (Lipinski definition) is 1. The predicted molar refractivity (Wildman–Crippen MR) is 79.4 cm³/mol. The smallest absolute Gasteiger partial charge is 0.303 e. The lowest BCUT2D eigenvalue weighted by Gasteiger charge is -2.15. The maximum Gasteiger partial charge on any atom is 0.303 e. The first-order valence-electron chi connectivity index (χ1n) is 6.85. The van der Waals surface area contributed by atoms with Gasteiger partial charge in [0.15, 0.2) is 0 Å². The van der Waals surface area contributed by atoms with Crippen molar-refractivity contribution in [3.63, 3.8) is 0 Å². The molecular weight excluding hydrogens is 270 g/mol. The fourth-order valence-electron chi connectivity index (χ4n) is 2.20. The first-order valence-corrected chi connectivity index (χ1v) is 6.85. The van der Waals surface area contributed by atoms with E-state index in [4.69, 9.17) is 5.11 Å². The molecule has 0 radical (unpaired) electrons. The van der Waals surface area contributed by atoms with E-state index in [9.17, 15) is 9.59 Å². The van der Waals surface area contributed by atoms with Crippen molar-refractivity contribution in [1.82, 2.24) is 14.3 Å². The largest absolute Gasteiger partial charge is 0.481 e. The van der Waals surface area contributed by atoms with Crippen LogP contribution in [-0.4, -0.2) is 39.0 Å². The maximum atomic E-state index is 12.1. The molecule has 0 aromatic carbocycles. The van der Waals surface area contributed by atoms with Gasteiger partial charge in [0.25, 0.3) is 5.56 Å². The molecule has 0 aliphatic carbocycles. The lowest BCUT2D eigenvalue weighted by Crippen LogP contribution is -2.23. The minimum absolute atomic E-state index is 0.0994. The van der Waals surface area contributed by atoms with E-state index in [-0.39, 0.29) is 12.0 Å². The molecular formula is C15H19N3O3. The number of carboxylic acid groups (broad SMARTS) is 1. The van der Waals surface area contributed by atoms with E-state index in [0.717, 1.165) is 5.56 Å². The number of nitrogens with zero attached hydrogens (tertiary/aromatic N) is 3. The summed E-state index contributed by atoms with van der Waals surface area (Å²) in [6.07, 6.45) is 2.50. The third-order valence-corrected chi connectivity index (χ3v) is 3.22. The SMILES string of the molecule is Cc1ccc2nc(CN(C)CCCC(=O)O)cc(=O)n2c1. The molecule has 0 spiro atoms. The fourth-order valence-corrected chi connectivity index (χ4v) is 2.20. The van der Waals surface area contributed by atoms with Crippen molar-refractivity contribution in [2.24, 2.45) is 0 Å². The molecule has 2 rings (SSSR count). The molecule has 0 aliphatic rings. The van der Waals surface area contributed by atoms with Gasteiger partial charge in [0, 0.05) is 25.2 Å². The molecule has 2 aromatic rings. The molecule has 2 heterocycles. The summed E-state index contributed by atoms with van der Waals surface area (Å²) >= 11 is 0. The van der Waals surface area contributed by atoms with Crippen molar-refractivity contribution in [2.45, 2.75) is 26.3 Å². The predicted octanol–water partition coefficient (Wildman–Crippen LogP) is 1.30. The molecule has 21 heavy (non-hydrogen) atoms. The zero-order chi connectivity index (χ0) is 15.4. The number of fused-ring (bicyclic) bond motifs is 1. The Balaban J connectivity index is 2.10. The second-order valence-electron chi connectivity index (χ2n) is 5.26. The van der Waals surface area contributed by atoms with E-state index in [0.29, 0.717) is 30.9 Å². The molecule has 0 aliphatic heterocycles. The lowest BCUT2D eigenvalue weighted by atomic mass is 10.2. The highest BCUT2D eigenvalue weighted by atomic mass is 16.4. The molecule has 0 fully saturated rings. The normalized spacial score (nSPS) is 11.2. The van der Waals surface area contributed by atoms with Gasteiger partial charge in [-0.25, -0.2) is 4.98 Å². The molecule has 112 valence electrons. The second-order valence-corrected chi connectivity index (χ2v) is 5.26. The number of rotatable bonds is 6. The van der Waals surface area contributed by atoms with Crippen LogP contribution in [0.25, 0.3) is 5.65 Å². The van der Waals surface area contributed by atoms with Crippen LogP contribution in [0.2, 0.25) is 0 Å². The van der Waals surface area contributed by atoms with E-state index < -0.39 is 5.97 Å². The van der Waals surface area contributed by atoms with Crippen LogP contribution in [0.1, 0.15) is 24.1 Å². The number of aromatic nitrogens is 2. The standard InChI is InChI=1S/C15H19N3O3/c1-11-5-6-13-16-12(8-14(19)18(13)9-11)10-17(2)7-3-4-15(20)21/h5-6,8-9H,3-4,7,10H2,1-2H3,(H,20,21). The Hall–Kier alpha value is -2.21. The average molecular weight is 289 g/mol. The zero-order valence-electron chi connectivity index (χ0n) is 12.2. The van der Waals surface area contributed by atoms with Crippen LogP contribution in [0.4, 0.5) is 0 Å². The van der Waals surface area contributed by atoms with Crippen LogP contribution in [0.15, 0.2) is 29.2 Å². The molecule has 0 unspecified atom stereocenters. The monoisotopic (exact) mass is 289 g/mol. The first-order chi connectivity index (χ1) is 9.95. The van der Waals surface area contributed by atoms with Gasteiger partial charge in [-0.1, -0.05) is 6.07 Å². The summed E-state index contributed by atoms with van der Waals surface area (Å²) in [5, 5.41) is 8.62. The Morgan fingerprint density at radius 2 is 2.19 bits per heavy atom. The highest BCUT2D eigenvalue weighted by Gasteiger charge is 2.06. The topological polar surface area (TPSA) is 74.9 Å². The summed E-state index contributed by atoms with van der Waals surface area (Å²) in [5.74, 6) is -0.791. The average Bonchev–Trinajstić information content (AvgIpc) is 2.39. The van der Waals surface area contributed by atoms with E-state index in [1.54, 1.807) is 6.20 Å². The van der Waals surface area contributed by atoms with Gasteiger partial charge in [-0.05, 0) is 38.6 Å². The van der Waals surface area contributed by atoms with Crippen molar-refractivity contribution in [3.8, 4) is 0 Å². The quantitative estimate of drug-likeness (QED) is 0.867. The second kappa shape index (κ2) is 6.49. The Morgan fingerprint density at radius 3 is 2.90 bits per heavy atom. The molecule has 0 atom stereocenters. The number of hydrogen-bond acceptors (Lipinski definition) is 4. The summed E-state index contributed by atoms with van der Waals surface area (Å²) in [5.41, 5.74) is 2.23. The van der Waals surface area contributed by atoms with Crippen LogP contribution >= 0.6 is 0 Å². The van der Waals surface area contributed by atoms with Gasteiger partial charge < -0.3 is 10.0 Å². The number of carboxylic acids is 1. The van der Waals surface area contributed by atoms with Gasteiger partial charge in [-0.3, -0.25) is 14.0 Å². The molecule has 0 bridgehead atoms. The molecule has 0 amide bonds. The van der Waals surface area contributed by atoms with Crippen LogP contribution < -0.4 is 5.56 Å². The molecule has 1 N–H and O–H groups in total. The number of pyridine rings is 1. The molecule has 6 nitrogen and oxygen atoms in total. The van der Waals surface area contributed by atoms with Crippen LogP contribution in [0, 0.1) is 6.92 Å². The summed E-state index contributed by atoms with van der Waals surface area (Å²) in [4.78, 5) is 29.0. The van der Waals surface area contributed by atoms with Crippen molar-refractivity contribution >= 4 is 11.6 Å². The van der Waals surface area contributed by atoms with Crippen molar-refractivity contribution in [1.29, 1.82) is 0 Å². The molecule has 6 heteroatoms. The molecule has 0 saturated carbocycles. The van der Waals surface area contributed by atoms with Gasteiger partial charge in [-0.2, -0.15) is 0 Å². The van der Waals surface area contributed by atoms with Crippen LogP contribution in [0.3, 0.4) is 0 Å². The number of aliphatic carboxylic acids is 1. The first kappa shape index (κ1) is 15.2. The number of aryl methyl sites for hydroxylation is 1. The highest BCUT2D eigenvalue weighted by molar-refractivity contribution is 5.66. The summed E-state index contributed by atoms with van der Waals surface area (Å²) in [6, 6.07) is 5.27. The van der Waals surface area contributed by atoms with E-state index in [1.807, 2.05) is 31.0 Å². The third-order valence-electron chi connectivity index (χ3n) is 3.22. The fraction of sp³-hybridized carbons (Fsp3) is 0.400. The Labute approximate surface area is 122 Å². The molecule has 0 saturated heterocycles. The molecule has 2 aromatic heterocycles. The van der Waals surface area contributed by atoms with E-state index >= 15 is 0 Å². The zero-order valence-corrected chi connectivity index (χ0v) is 12.2. The third kappa shape index (κ3) is 4.13. The Morgan fingerprint density at radius 1 is 1.43 bits per heavy atom. The lowest BCUT2D eigenvalue weighted by molar-refractivity contribution is -0.137. The minimum atomic E-state index is -0.791. The van der Waals surface area contributed by atoms with Gasteiger partial charge in [0.2, 0.25) is 0 Å².